The molecule has 0 aromatic carbocycles. The molecule has 0 fully saturated rings. The summed E-state index contributed by atoms with van der Waals surface area (Å²) in [5.41, 5.74) is 4.91. The molecule has 0 saturated carbocycles. The molecule has 3 nitrogen and oxygen atoms in total. The van der Waals surface area contributed by atoms with Gasteiger partial charge >= 0.3 is 6.47 Å². The second-order valence-corrected chi connectivity index (χ2v) is 0.720. The molecule has 0 saturated heterocycles. The van der Waals surface area contributed by atoms with Gasteiger partial charge in [-0.1, -0.05) is 0 Å². The van der Waals surface area contributed by atoms with E-state index in [1.807, 2.05) is 0 Å². The van der Waals surface area contributed by atoms with Crippen LogP contribution in [0.25, 0.3) is 0 Å². The Kier molecular flexibility index (Phi) is 4.01. The van der Waals surface area contributed by atoms with E-state index < -0.39 is 0 Å². The average molecular weight is 88.1 g/mol. The van der Waals surface area contributed by atoms with Gasteiger partial charge in [-0.3, -0.25) is 0 Å². The molecular weight excluding hydrogens is 82.0 g/mol. The summed E-state index contributed by atoms with van der Waals surface area (Å²) in [6.45, 7) is 1.88. The molecule has 0 aromatic rings. The Hall–Kier alpha value is -0.570. The van der Waals surface area contributed by atoms with Crippen molar-refractivity contribution in [2.45, 2.75) is 0 Å². The second kappa shape index (κ2) is 4.43. The van der Waals surface area contributed by atoms with Crippen LogP contribution in [0.4, 0.5) is 0 Å². The zero-order chi connectivity index (χ0) is 4.83. The lowest BCUT2D eigenvalue weighted by atomic mass is 10.7. The first-order valence-corrected chi connectivity index (χ1v) is 1.61. The van der Waals surface area contributed by atoms with Crippen LogP contribution in [0.5, 0.6) is 0 Å². The van der Waals surface area contributed by atoms with Gasteiger partial charge < -0.3 is 10.5 Å². The van der Waals surface area contributed by atoms with Crippen molar-refractivity contribution >= 4 is 6.47 Å². The van der Waals surface area contributed by atoms with Crippen LogP contribution < -0.4 is 5.73 Å². The normalized spacial score (nSPS) is 7.50. The lowest BCUT2D eigenvalue weighted by Crippen LogP contribution is -2.06. The minimum atomic E-state index is 0.267. The highest BCUT2D eigenvalue weighted by molar-refractivity contribution is 5.38. The van der Waals surface area contributed by atoms with Crippen molar-refractivity contribution in [1.82, 2.24) is 0 Å². The fourth-order valence-corrected chi connectivity index (χ4v) is 0.101. The number of hydrogen-bond donors (Lipinski definition) is 1. The first-order valence-electron chi connectivity index (χ1n) is 1.61. The molecule has 1 radical (unpaired) electrons. The zero-order valence-corrected chi connectivity index (χ0v) is 3.31. The lowest BCUT2D eigenvalue weighted by Gasteiger charge is -1.85. The van der Waals surface area contributed by atoms with Crippen LogP contribution in [0.3, 0.4) is 0 Å². The minimum absolute atomic E-state index is 0.267. The molecule has 3 heteroatoms. The molecule has 0 aromatic heterocycles. The van der Waals surface area contributed by atoms with E-state index >= 15 is 0 Å². The van der Waals surface area contributed by atoms with Gasteiger partial charge in [0.1, 0.15) is 6.61 Å². The molecule has 0 aliphatic heterocycles. The summed E-state index contributed by atoms with van der Waals surface area (Å²) in [6.07, 6.45) is 0. The highest BCUT2D eigenvalue weighted by Gasteiger charge is 1.73. The lowest BCUT2D eigenvalue weighted by molar-refractivity contribution is 0.287. The number of hydrogen-bond acceptors (Lipinski definition) is 3. The predicted molar refractivity (Wildman–Crippen MR) is 20.7 cm³/mol. The summed E-state index contributed by atoms with van der Waals surface area (Å²) in [7, 11) is 0. The van der Waals surface area contributed by atoms with Crippen LogP contribution in [0.2, 0.25) is 0 Å². The smallest absolute Gasteiger partial charge is 0.417 e. The molecule has 6 heavy (non-hydrogen) atoms. The number of nitrogens with two attached hydrogens (primary N) is 1. The third kappa shape index (κ3) is 3.43. The van der Waals surface area contributed by atoms with Gasteiger partial charge in [0.05, 0.1) is 0 Å². The largest absolute Gasteiger partial charge is 0.456 e. The van der Waals surface area contributed by atoms with E-state index in [0.29, 0.717) is 6.54 Å². The van der Waals surface area contributed by atoms with Gasteiger partial charge in [0, 0.05) is 6.54 Å². The van der Waals surface area contributed by atoms with Gasteiger partial charge in [0.25, 0.3) is 0 Å². The summed E-state index contributed by atoms with van der Waals surface area (Å²) < 4.78 is 4.05. The topological polar surface area (TPSA) is 52.3 Å². The maximum Gasteiger partial charge on any atom is 0.417 e. The Morgan fingerprint density at radius 3 is 2.67 bits per heavy atom. The van der Waals surface area contributed by atoms with Crippen molar-refractivity contribution in [3.05, 3.63) is 0 Å². The highest BCUT2D eigenvalue weighted by atomic mass is 16.5. The number of carbonyl (C=O) groups excluding carboxylic acids is 1. The molecule has 0 unspecified atom stereocenters. The van der Waals surface area contributed by atoms with Crippen molar-refractivity contribution in [1.29, 1.82) is 0 Å². The predicted octanol–water partition coefficient (Wildman–Crippen LogP) is -0.971. The first kappa shape index (κ1) is 5.43. The quantitative estimate of drug-likeness (QED) is 0.451. The molecular formula is C3H6NO2. The second-order valence-electron chi connectivity index (χ2n) is 0.720. The van der Waals surface area contributed by atoms with Gasteiger partial charge in [-0.2, -0.15) is 0 Å². The zero-order valence-electron chi connectivity index (χ0n) is 3.31. The summed E-state index contributed by atoms with van der Waals surface area (Å²) in [4.78, 5) is 9.16. The maximum absolute atomic E-state index is 9.16. The van der Waals surface area contributed by atoms with Crippen LogP contribution >= 0.6 is 0 Å². The SMILES string of the molecule is NCCO[C]=O. The first-order chi connectivity index (χ1) is 2.91. The van der Waals surface area contributed by atoms with Crippen LogP contribution in [0, 0.1) is 0 Å². The summed E-state index contributed by atoms with van der Waals surface area (Å²) in [6, 6.07) is 0. The molecule has 0 bridgehead atoms. The van der Waals surface area contributed by atoms with Gasteiger partial charge in [-0.15, -0.1) is 0 Å². The van der Waals surface area contributed by atoms with Crippen molar-refractivity contribution in [3.8, 4) is 0 Å². The Morgan fingerprint density at radius 1 is 1.83 bits per heavy atom. The molecule has 35 valence electrons. The molecule has 0 heterocycles. The van der Waals surface area contributed by atoms with E-state index in [9.17, 15) is 0 Å². The van der Waals surface area contributed by atoms with Crippen molar-refractivity contribution in [2.24, 2.45) is 5.73 Å². The molecule has 2 N–H and O–H groups in total. The third-order valence-electron chi connectivity index (χ3n) is 0.279. The molecule has 0 spiro atoms. The molecule has 0 amide bonds. The van der Waals surface area contributed by atoms with Crippen molar-refractivity contribution < 1.29 is 9.53 Å². The van der Waals surface area contributed by atoms with E-state index in [-0.39, 0.29) is 6.61 Å². The minimum Gasteiger partial charge on any atom is -0.456 e. The van der Waals surface area contributed by atoms with Crippen LogP contribution in [0.15, 0.2) is 0 Å². The van der Waals surface area contributed by atoms with Gasteiger partial charge in [0.15, 0.2) is 0 Å². The molecule has 0 aliphatic carbocycles. The molecule has 0 aliphatic rings. The van der Waals surface area contributed by atoms with Crippen LogP contribution in [-0.2, 0) is 9.53 Å². The summed E-state index contributed by atoms with van der Waals surface area (Å²) in [5.74, 6) is 0. The van der Waals surface area contributed by atoms with Crippen LogP contribution in [0.1, 0.15) is 0 Å². The highest BCUT2D eigenvalue weighted by Crippen LogP contribution is 1.56. The Morgan fingerprint density at radius 2 is 2.50 bits per heavy atom. The fourth-order valence-electron chi connectivity index (χ4n) is 0.101. The Balaban J connectivity index is 2.49. The van der Waals surface area contributed by atoms with E-state index in [0.717, 1.165) is 0 Å². The monoisotopic (exact) mass is 88.0 g/mol. The summed E-state index contributed by atoms with van der Waals surface area (Å²) >= 11 is 0. The Labute approximate surface area is 36.1 Å². The number of rotatable bonds is 3. The average Bonchev–Trinajstić information content (AvgIpc) is 1.61. The standard InChI is InChI=1S/C3H6NO2/c4-1-2-6-3-5/h1-2,4H2. The van der Waals surface area contributed by atoms with Gasteiger partial charge in [0.2, 0.25) is 0 Å². The van der Waals surface area contributed by atoms with Crippen LogP contribution in [-0.4, -0.2) is 19.6 Å². The van der Waals surface area contributed by atoms with E-state index in [2.05, 4.69) is 4.74 Å². The number of ether oxygens (including phenoxy) is 1. The van der Waals surface area contributed by atoms with E-state index in [4.69, 9.17) is 10.5 Å². The summed E-state index contributed by atoms with van der Waals surface area (Å²) in [5, 5.41) is 0. The molecule has 0 atom stereocenters. The van der Waals surface area contributed by atoms with Gasteiger partial charge in [-0.05, 0) is 0 Å². The Bertz CT molecular complexity index is 37.8. The van der Waals surface area contributed by atoms with Gasteiger partial charge in [-0.25, -0.2) is 4.79 Å². The third-order valence-corrected chi connectivity index (χ3v) is 0.279. The van der Waals surface area contributed by atoms with Crippen molar-refractivity contribution in [3.63, 3.8) is 0 Å². The van der Waals surface area contributed by atoms with Crippen molar-refractivity contribution in [2.75, 3.05) is 13.2 Å². The van der Waals surface area contributed by atoms with E-state index in [1.54, 1.807) is 0 Å². The fraction of sp³-hybridized carbons (Fsp3) is 0.667. The molecule has 0 rings (SSSR count). The van der Waals surface area contributed by atoms with E-state index in [1.165, 1.54) is 6.47 Å². The maximum atomic E-state index is 9.16.